The van der Waals surface area contributed by atoms with E-state index in [1.54, 1.807) is 59.5 Å². The Morgan fingerprint density at radius 3 is 2.20 bits per heavy atom. The molecule has 3 aromatic rings. The lowest BCUT2D eigenvalue weighted by molar-refractivity contribution is 0.0427. The van der Waals surface area contributed by atoms with Crippen molar-refractivity contribution in [3.8, 4) is 5.75 Å². The maximum Gasteiger partial charge on any atom is 0.427 e. The smallest absolute Gasteiger partial charge is 0.427 e. The third-order valence-electron chi connectivity index (χ3n) is 7.49. The Morgan fingerprint density at radius 2 is 1.67 bits per heavy atom. The average molecular weight is 677 g/mol. The van der Waals surface area contributed by atoms with Crippen molar-refractivity contribution in [1.29, 1.82) is 0 Å². The Morgan fingerprint density at radius 1 is 1.07 bits per heavy atom. The summed E-state index contributed by atoms with van der Waals surface area (Å²) in [5.41, 5.74) is 0.696. The monoisotopic (exact) mass is 676 g/mol. The summed E-state index contributed by atoms with van der Waals surface area (Å²) in [5, 5.41) is 6.00. The third-order valence-corrected chi connectivity index (χ3v) is 9.11. The summed E-state index contributed by atoms with van der Waals surface area (Å²) in [4.78, 5) is 41.8. The molecule has 14 nitrogen and oxygen atoms in total. The fraction of sp³-hybridized carbons (Fsp3) is 0.600. The van der Waals surface area contributed by atoms with Gasteiger partial charge in [0.05, 0.1) is 42.8 Å². The van der Waals surface area contributed by atoms with Crippen molar-refractivity contribution in [3.05, 3.63) is 28.7 Å². The normalized spacial score (nSPS) is 17.5. The second kappa shape index (κ2) is 11.6. The van der Waals surface area contributed by atoms with E-state index in [9.17, 15) is 18.0 Å². The lowest BCUT2D eigenvalue weighted by Crippen LogP contribution is -2.44. The molecule has 1 unspecified atom stereocenters. The molecule has 0 aromatic carbocycles. The summed E-state index contributed by atoms with van der Waals surface area (Å²) in [6.45, 7) is 14.0. The number of carbonyl (C=O) groups excluding carboxylic acids is 2. The molecule has 250 valence electrons. The largest absolute Gasteiger partial charge is 0.496 e. The van der Waals surface area contributed by atoms with E-state index in [2.05, 4.69) is 9.97 Å². The SMILES string of the molecule is COc1c(C)cnc(Cn2nc3c4c(nc(N(C(=O)OC(C)(C)C)C(=O)OC(C)(C)C)nc42)SCC(OS(C)(=O)=O)C32CC2)c1C. The number of hydrogen-bond donors (Lipinski definition) is 0. The van der Waals surface area contributed by atoms with E-state index in [0.29, 0.717) is 50.9 Å². The molecule has 2 amide bonds. The molecule has 1 aliphatic carbocycles. The van der Waals surface area contributed by atoms with Gasteiger partial charge in [0, 0.05) is 28.5 Å². The van der Waals surface area contributed by atoms with E-state index >= 15 is 0 Å². The van der Waals surface area contributed by atoms with Crippen LogP contribution in [0.2, 0.25) is 0 Å². The summed E-state index contributed by atoms with van der Waals surface area (Å²) in [6, 6.07) is 0. The minimum atomic E-state index is -3.80. The fourth-order valence-corrected chi connectivity index (χ4v) is 7.34. The molecular formula is C30H40N6O8S2. The second-order valence-electron chi connectivity index (χ2n) is 13.6. The number of carbonyl (C=O) groups is 2. The van der Waals surface area contributed by atoms with Crippen molar-refractivity contribution in [3.63, 3.8) is 0 Å². The van der Waals surface area contributed by atoms with Crippen LogP contribution in [0, 0.1) is 13.8 Å². The summed E-state index contributed by atoms with van der Waals surface area (Å²) < 4.78 is 48.7. The zero-order valence-corrected chi connectivity index (χ0v) is 29.4. The van der Waals surface area contributed by atoms with Gasteiger partial charge in [-0.05, 0) is 68.2 Å². The minimum Gasteiger partial charge on any atom is -0.496 e. The molecule has 0 N–H and O–H groups in total. The highest BCUT2D eigenvalue weighted by Crippen LogP contribution is 2.57. The van der Waals surface area contributed by atoms with Crippen molar-refractivity contribution in [2.75, 3.05) is 24.0 Å². The second-order valence-corrected chi connectivity index (χ2v) is 16.2. The van der Waals surface area contributed by atoms with Crippen molar-refractivity contribution >= 4 is 51.0 Å². The summed E-state index contributed by atoms with van der Waals surface area (Å²) in [7, 11) is -2.21. The highest BCUT2D eigenvalue weighted by molar-refractivity contribution is 7.99. The minimum absolute atomic E-state index is 0.159. The lowest BCUT2D eigenvalue weighted by atomic mass is 9.94. The maximum absolute atomic E-state index is 13.5. The van der Waals surface area contributed by atoms with Gasteiger partial charge in [-0.25, -0.2) is 19.3 Å². The molecule has 1 saturated carbocycles. The average Bonchev–Trinajstić information content (AvgIpc) is 3.63. The molecule has 0 bridgehead atoms. The number of methoxy groups -OCH3 is 1. The fourth-order valence-electron chi connectivity index (χ4n) is 5.41. The number of rotatable bonds is 6. The van der Waals surface area contributed by atoms with Gasteiger partial charge in [-0.1, -0.05) is 0 Å². The van der Waals surface area contributed by atoms with Crippen LogP contribution < -0.4 is 9.64 Å². The highest BCUT2D eigenvalue weighted by Gasteiger charge is 2.57. The van der Waals surface area contributed by atoms with Gasteiger partial charge < -0.3 is 14.2 Å². The highest BCUT2D eigenvalue weighted by atomic mass is 32.2. The summed E-state index contributed by atoms with van der Waals surface area (Å²) >= 11 is 1.24. The van der Waals surface area contributed by atoms with Gasteiger partial charge in [0.15, 0.2) is 5.65 Å². The molecule has 1 spiro atoms. The first kappa shape index (κ1) is 33.9. The first-order chi connectivity index (χ1) is 21.2. The number of aromatic nitrogens is 5. The lowest BCUT2D eigenvalue weighted by Gasteiger charge is -2.27. The van der Waals surface area contributed by atoms with Crippen LogP contribution >= 0.6 is 11.8 Å². The Balaban J connectivity index is 1.73. The molecule has 46 heavy (non-hydrogen) atoms. The van der Waals surface area contributed by atoms with Gasteiger partial charge in [0.2, 0.25) is 5.95 Å². The first-order valence-corrected chi connectivity index (χ1v) is 17.6. The number of thioether (sulfide) groups is 1. The van der Waals surface area contributed by atoms with Gasteiger partial charge in [0.1, 0.15) is 22.0 Å². The number of nitrogens with zero attached hydrogens (tertiary/aromatic N) is 6. The number of amides is 2. The van der Waals surface area contributed by atoms with E-state index in [4.69, 9.17) is 28.5 Å². The number of fused-ring (bicyclic) bond motifs is 1. The number of ether oxygens (including phenoxy) is 3. The number of aryl methyl sites for hydroxylation is 1. The zero-order chi connectivity index (χ0) is 34.0. The molecule has 16 heteroatoms. The predicted octanol–water partition coefficient (Wildman–Crippen LogP) is 5.05. The number of hydrogen-bond acceptors (Lipinski definition) is 13. The number of pyridine rings is 1. The Bertz CT molecular complexity index is 1800. The van der Waals surface area contributed by atoms with E-state index in [0.717, 1.165) is 17.4 Å². The molecule has 5 rings (SSSR count). The number of imide groups is 1. The van der Waals surface area contributed by atoms with Crippen LogP contribution in [0.25, 0.3) is 11.0 Å². The Labute approximate surface area is 272 Å². The van der Waals surface area contributed by atoms with Crippen LogP contribution in [0.4, 0.5) is 15.5 Å². The van der Waals surface area contributed by atoms with Crippen LogP contribution in [-0.2, 0) is 35.7 Å². The van der Waals surface area contributed by atoms with E-state index < -0.39 is 45.0 Å². The quantitative estimate of drug-likeness (QED) is 0.252. The van der Waals surface area contributed by atoms with Crippen LogP contribution in [0.1, 0.15) is 76.9 Å². The molecular weight excluding hydrogens is 636 g/mol. The zero-order valence-electron chi connectivity index (χ0n) is 27.7. The molecule has 1 fully saturated rings. The molecule has 4 heterocycles. The van der Waals surface area contributed by atoms with E-state index in [-0.39, 0.29) is 18.2 Å². The van der Waals surface area contributed by atoms with E-state index in [1.807, 2.05) is 13.8 Å². The number of anilines is 1. The molecule has 2 aliphatic rings. The molecule has 1 atom stereocenters. The maximum atomic E-state index is 13.5. The van der Waals surface area contributed by atoms with Gasteiger partial charge in [-0.3, -0.25) is 9.17 Å². The molecule has 1 aliphatic heterocycles. The predicted molar refractivity (Wildman–Crippen MR) is 171 cm³/mol. The Kier molecular flexibility index (Phi) is 8.56. The van der Waals surface area contributed by atoms with E-state index in [1.165, 1.54) is 11.8 Å². The van der Waals surface area contributed by atoms with Crippen LogP contribution in [-0.4, -0.2) is 81.8 Å². The van der Waals surface area contributed by atoms with Crippen LogP contribution in [0.5, 0.6) is 5.75 Å². The summed E-state index contributed by atoms with van der Waals surface area (Å²) in [6.07, 6.45) is 1.29. The van der Waals surface area contributed by atoms with Crippen molar-refractivity contribution in [2.24, 2.45) is 0 Å². The van der Waals surface area contributed by atoms with Gasteiger partial charge >= 0.3 is 12.2 Å². The van der Waals surface area contributed by atoms with Crippen molar-refractivity contribution < 1.29 is 36.4 Å². The van der Waals surface area contributed by atoms with Crippen molar-refractivity contribution in [2.45, 2.75) is 103 Å². The summed E-state index contributed by atoms with van der Waals surface area (Å²) in [5.74, 6) is 0.657. The van der Waals surface area contributed by atoms with Crippen molar-refractivity contribution in [1.82, 2.24) is 24.7 Å². The van der Waals surface area contributed by atoms with Gasteiger partial charge in [0.25, 0.3) is 10.1 Å². The molecule has 0 saturated heterocycles. The van der Waals surface area contributed by atoms with Crippen LogP contribution in [0.15, 0.2) is 11.2 Å². The Hall–Kier alpha value is -3.50. The van der Waals surface area contributed by atoms with Gasteiger partial charge in [-0.2, -0.15) is 18.5 Å². The van der Waals surface area contributed by atoms with Gasteiger partial charge in [-0.15, -0.1) is 16.7 Å². The topological polar surface area (TPSA) is 165 Å². The standard InChI is InChI=1S/C30H40N6O8S2/c1-16-13-31-18(17(2)21(16)41-9)14-35-23-20-22(34-35)30(11-12-30)19(44-46(10,39)40)15-45-24(20)33-25(32-23)36(26(37)42-28(3,4)5)27(38)43-29(6,7)8/h13,19H,11-12,14-15H2,1-10H3. The van der Waals surface area contributed by atoms with Crippen LogP contribution in [0.3, 0.4) is 0 Å². The first-order valence-electron chi connectivity index (χ1n) is 14.8. The molecule has 3 aromatic heterocycles. The third kappa shape index (κ3) is 6.79. The molecule has 0 radical (unpaired) electrons.